The van der Waals surface area contributed by atoms with Gasteiger partial charge in [0.25, 0.3) is 0 Å². The van der Waals surface area contributed by atoms with Gasteiger partial charge in [0, 0.05) is 0 Å². The highest BCUT2D eigenvalue weighted by molar-refractivity contribution is 7.80. The molecule has 3 aromatic rings. The molecule has 1 heterocycles. The van der Waals surface area contributed by atoms with Crippen LogP contribution in [0.1, 0.15) is 24.1 Å². The van der Waals surface area contributed by atoms with Crippen LogP contribution in [0.2, 0.25) is 0 Å². The summed E-state index contributed by atoms with van der Waals surface area (Å²) in [7, 11) is 0. The maximum atomic E-state index is 13.0. The lowest BCUT2D eigenvalue weighted by Gasteiger charge is -2.31. The standard InChI is InChI=1S/C25H22N2O3S/c1-2-29-24(28)21-22(17-10-5-3-6-11-17)26-25(31)27-23(21)18-12-9-15-20(16-18)30-19-13-7-4-8-14-19/h3-16,23H,2H2,1H3,(H2,26,27,31). The van der Waals surface area contributed by atoms with E-state index in [0.29, 0.717) is 22.1 Å². The maximum absolute atomic E-state index is 13.0. The Labute approximate surface area is 186 Å². The van der Waals surface area contributed by atoms with E-state index in [4.69, 9.17) is 21.7 Å². The predicted molar refractivity (Wildman–Crippen MR) is 125 cm³/mol. The SMILES string of the molecule is CCOC(=O)C1=C(c2ccccc2)NC(=S)NC1c1cccc(Oc2ccccc2)c1. The van der Waals surface area contributed by atoms with Crippen molar-refractivity contribution in [2.24, 2.45) is 0 Å². The number of nitrogens with one attached hydrogen (secondary N) is 2. The zero-order valence-electron chi connectivity index (χ0n) is 17.0. The minimum absolute atomic E-state index is 0.277. The number of rotatable bonds is 6. The highest BCUT2D eigenvalue weighted by atomic mass is 32.1. The number of carbonyl (C=O) groups is 1. The molecule has 0 saturated heterocycles. The summed E-state index contributed by atoms with van der Waals surface area (Å²) in [5.41, 5.74) is 2.81. The van der Waals surface area contributed by atoms with Crippen LogP contribution in [0.25, 0.3) is 5.70 Å². The van der Waals surface area contributed by atoms with Crippen molar-refractivity contribution < 1.29 is 14.3 Å². The van der Waals surface area contributed by atoms with Crippen LogP contribution in [-0.2, 0) is 9.53 Å². The Morgan fingerprint density at radius 3 is 2.32 bits per heavy atom. The second-order valence-electron chi connectivity index (χ2n) is 6.89. The summed E-state index contributed by atoms with van der Waals surface area (Å²) in [6, 6.07) is 26.3. The topological polar surface area (TPSA) is 59.6 Å². The summed E-state index contributed by atoms with van der Waals surface area (Å²) < 4.78 is 11.4. The van der Waals surface area contributed by atoms with E-state index in [1.54, 1.807) is 6.92 Å². The third-order valence-electron chi connectivity index (χ3n) is 4.80. The van der Waals surface area contributed by atoms with E-state index < -0.39 is 12.0 Å². The summed E-state index contributed by atoms with van der Waals surface area (Å²) >= 11 is 5.46. The lowest BCUT2D eigenvalue weighted by atomic mass is 9.92. The van der Waals surface area contributed by atoms with Crippen molar-refractivity contribution in [1.29, 1.82) is 0 Å². The van der Waals surface area contributed by atoms with Crippen LogP contribution in [0.15, 0.2) is 90.5 Å². The molecule has 0 aliphatic carbocycles. The Hall–Kier alpha value is -3.64. The zero-order valence-corrected chi connectivity index (χ0v) is 17.8. The van der Waals surface area contributed by atoms with Gasteiger partial charge < -0.3 is 20.1 Å². The molecule has 3 aromatic carbocycles. The van der Waals surface area contributed by atoms with Crippen LogP contribution >= 0.6 is 12.2 Å². The molecule has 1 aliphatic rings. The lowest BCUT2D eigenvalue weighted by Crippen LogP contribution is -2.45. The molecule has 5 nitrogen and oxygen atoms in total. The highest BCUT2D eigenvalue weighted by Gasteiger charge is 2.33. The van der Waals surface area contributed by atoms with Crippen molar-refractivity contribution in [1.82, 2.24) is 10.6 Å². The Balaban J connectivity index is 1.77. The fourth-order valence-corrected chi connectivity index (χ4v) is 3.68. The van der Waals surface area contributed by atoms with Crippen LogP contribution in [0.5, 0.6) is 11.5 Å². The first-order valence-electron chi connectivity index (χ1n) is 10.0. The summed E-state index contributed by atoms with van der Waals surface area (Å²) in [6.07, 6.45) is 0. The molecule has 1 unspecified atom stereocenters. The minimum atomic E-state index is -0.484. The number of benzene rings is 3. The van der Waals surface area contributed by atoms with Crippen molar-refractivity contribution >= 4 is 29.0 Å². The van der Waals surface area contributed by atoms with Gasteiger partial charge in [-0.2, -0.15) is 0 Å². The largest absolute Gasteiger partial charge is 0.463 e. The number of ether oxygens (including phenoxy) is 2. The van der Waals surface area contributed by atoms with Gasteiger partial charge in [0.05, 0.1) is 23.9 Å². The van der Waals surface area contributed by atoms with E-state index in [0.717, 1.165) is 16.9 Å². The number of hydrogen-bond acceptors (Lipinski definition) is 4. The Kier molecular flexibility index (Phi) is 6.29. The fourth-order valence-electron chi connectivity index (χ4n) is 3.46. The number of para-hydroxylation sites is 1. The molecule has 0 spiro atoms. The molecule has 0 saturated carbocycles. The molecule has 2 N–H and O–H groups in total. The second-order valence-corrected chi connectivity index (χ2v) is 7.30. The molecular weight excluding hydrogens is 408 g/mol. The van der Waals surface area contributed by atoms with Gasteiger partial charge in [0.1, 0.15) is 11.5 Å². The van der Waals surface area contributed by atoms with Gasteiger partial charge in [0.15, 0.2) is 5.11 Å². The van der Waals surface area contributed by atoms with Crippen LogP contribution in [0.4, 0.5) is 0 Å². The van der Waals surface area contributed by atoms with Gasteiger partial charge in [-0.25, -0.2) is 4.79 Å². The molecule has 0 aromatic heterocycles. The van der Waals surface area contributed by atoms with E-state index in [-0.39, 0.29) is 6.61 Å². The lowest BCUT2D eigenvalue weighted by molar-refractivity contribution is -0.138. The molecule has 0 fully saturated rings. The molecule has 31 heavy (non-hydrogen) atoms. The molecule has 1 atom stereocenters. The van der Waals surface area contributed by atoms with Crippen LogP contribution in [0, 0.1) is 0 Å². The van der Waals surface area contributed by atoms with Gasteiger partial charge in [-0.1, -0.05) is 60.7 Å². The first kappa shape index (κ1) is 20.6. The van der Waals surface area contributed by atoms with E-state index >= 15 is 0 Å². The normalized spacial score (nSPS) is 15.6. The van der Waals surface area contributed by atoms with Crippen molar-refractivity contribution in [2.75, 3.05) is 6.61 Å². The van der Waals surface area contributed by atoms with Crippen LogP contribution < -0.4 is 15.4 Å². The fraction of sp³-hybridized carbons (Fsp3) is 0.120. The van der Waals surface area contributed by atoms with Crippen LogP contribution in [-0.4, -0.2) is 17.7 Å². The van der Waals surface area contributed by atoms with E-state index in [2.05, 4.69) is 10.6 Å². The van der Waals surface area contributed by atoms with Gasteiger partial charge in [-0.3, -0.25) is 0 Å². The van der Waals surface area contributed by atoms with Crippen molar-refractivity contribution in [3.05, 3.63) is 102 Å². The molecule has 0 amide bonds. The predicted octanol–water partition coefficient (Wildman–Crippen LogP) is 4.97. The average molecular weight is 431 g/mol. The summed E-state index contributed by atoms with van der Waals surface area (Å²) in [4.78, 5) is 13.0. The first-order chi connectivity index (χ1) is 15.2. The van der Waals surface area contributed by atoms with E-state index in [9.17, 15) is 4.79 Å². The van der Waals surface area contributed by atoms with Crippen molar-refractivity contribution in [3.63, 3.8) is 0 Å². The zero-order chi connectivity index (χ0) is 21.6. The Bertz CT molecular complexity index is 1110. The third-order valence-corrected chi connectivity index (χ3v) is 5.02. The quantitative estimate of drug-likeness (QED) is 0.425. The van der Waals surface area contributed by atoms with Gasteiger partial charge >= 0.3 is 5.97 Å². The van der Waals surface area contributed by atoms with Gasteiger partial charge in [-0.05, 0) is 54.5 Å². The summed E-state index contributed by atoms with van der Waals surface area (Å²) in [6.45, 7) is 2.07. The van der Waals surface area contributed by atoms with Gasteiger partial charge in [-0.15, -0.1) is 0 Å². The maximum Gasteiger partial charge on any atom is 0.338 e. The van der Waals surface area contributed by atoms with E-state index in [1.165, 1.54) is 0 Å². The smallest absolute Gasteiger partial charge is 0.338 e. The Morgan fingerprint density at radius 2 is 1.61 bits per heavy atom. The molecule has 0 radical (unpaired) electrons. The number of carbonyl (C=O) groups excluding carboxylic acids is 1. The van der Waals surface area contributed by atoms with E-state index in [1.807, 2.05) is 84.9 Å². The molecule has 1 aliphatic heterocycles. The van der Waals surface area contributed by atoms with Crippen molar-refractivity contribution in [2.45, 2.75) is 13.0 Å². The molecule has 0 bridgehead atoms. The first-order valence-corrected chi connectivity index (χ1v) is 10.4. The number of thiocarbonyl (C=S) groups is 1. The molecule has 156 valence electrons. The molecular formula is C25H22N2O3S. The summed E-state index contributed by atoms with van der Waals surface area (Å²) in [5, 5.41) is 6.80. The van der Waals surface area contributed by atoms with Gasteiger partial charge in [0.2, 0.25) is 0 Å². The number of esters is 1. The monoisotopic (exact) mass is 430 g/mol. The van der Waals surface area contributed by atoms with Crippen molar-refractivity contribution in [3.8, 4) is 11.5 Å². The summed E-state index contributed by atoms with van der Waals surface area (Å²) in [5.74, 6) is 1.00. The molecule has 6 heteroatoms. The Morgan fingerprint density at radius 1 is 0.935 bits per heavy atom. The number of hydrogen-bond donors (Lipinski definition) is 2. The third kappa shape index (κ3) is 4.75. The second kappa shape index (κ2) is 9.45. The molecule has 4 rings (SSSR count). The minimum Gasteiger partial charge on any atom is -0.463 e. The average Bonchev–Trinajstić information content (AvgIpc) is 2.80. The van der Waals surface area contributed by atoms with Crippen LogP contribution in [0.3, 0.4) is 0 Å². The highest BCUT2D eigenvalue weighted by Crippen LogP contribution is 2.34.